The minimum atomic E-state index is -1.29. The van der Waals surface area contributed by atoms with E-state index in [9.17, 15) is 19.2 Å². The van der Waals surface area contributed by atoms with Crippen molar-refractivity contribution in [3.8, 4) is 0 Å². The third kappa shape index (κ3) is 23.7. The van der Waals surface area contributed by atoms with Gasteiger partial charge in [0.25, 0.3) is 0 Å². The monoisotopic (exact) mass is 410 g/mol. The summed E-state index contributed by atoms with van der Waals surface area (Å²) in [5, 5.41) is 32.7. The van der Waals surface area contributed by atoms with Crippen LogP contribution in [0.2, 0.25) is 0 Å². The molecule has 0 aliphatic rings. The second-order valence-electron chi connectivity index (χ2n) is 6.35. The largest absolute Gasteiger partial charge is 0.481 e. The van der Waals surface area contributed by atoms with E-state index in [1.165, 1.54) is 0 Å². The van der Waals surface area contributed by atoms with Crippen molar-refractivity contribution in [2.24, 2.45) is 28.9 Å². The van der Waals surface area contributed by atoms with Crippen LogP contribution in [0.4, 0.5) is 0 Å². The molecule has 12 heteroatoms. The molecule has 0 fully saturated rings. The van der Waals surface area contributed by atoms with Crippen LogP contribution in [0.25, 0.3) is 0 Å². The molecule has 0 aliphatic heterocycles. The van der Waals surface area contributed by atoms with E-state index >= 15 is 0 Å². The van der Waals surface area contributed by atoms with Crippen molar-refractivity contribution >= 4 is 23.9 Å². The molecule has 0 radical (unpaired) electrons. The summed E-state index contributed by atoms with van der Waals surface area (Å²) in [5.41, 5.74) is 20.5. The lowest BCUT2D eigenvalue weighted by Gasteiger charge is -2.07. The van der Waals surface area contributed by atoms with Gasteiger partial charge in [-0.15, -0.1) is 0 Å². The van der Waals surface area contributed by atoms with Crippen molar-refractivity contribution in [1.29, 1.82) is 0 Å². The summed E-state index contributed by atoms with van der Waals surface area (Å²) in [6.45, 7) is 4.50. The molecule has 0 heterocycles. The van der Waals surface area contributed by atoms with Gasteiger partial charge in [0.1, 0.15) is 18.1 Å². The molecule has 0 aromatic heterocycles. The number of nitrogens with two attached hydrogens (primary N) is 4. The summed E-state index contributed by atoms with van der Waals surface area (Å²) in [4.78, 5) is 39.9. The van der Waals surface area contributed by atoms with Crippen LogP contribution in [-0.2, 0) is 19.2 Å². The van der Waals surface area contributed by atoms with E-state index in [1.54, 1.807) is 0 Å². The van der Waals surface area contributed by atoms with Gasteiger partial charge in [0.2, 0.25) is 0 Å². The molecule has 0 aromatic carbocycles. The Hall–Kier alpha value is -2.28. The van der Waals surface area contributed by atoms with Crippen molar-refractivity contribution in [1.82, 2.24) is 0 Å². The van der Waals surface area contributed by atoms with Crippen LogP contribution in [0.5, 0.6) is 0 Å². The molecular weight excluding hydrogens is 376 g/mol. The Bertz CT molecular complexity index is 474. The van der Waals surface area contributed by atoms with Crippen molar-refractivity contribution in [3.63, 3.8) is 0 Å². The quantitative estimate of drug-likeness (QED) is 0.188. The fraction of sp³-hybridized carbons (Fsp3) is 0.750. The van der Waals surface area contributed by atoms with Gasteiger partial charge in [0, 0.05) is 0 Å². The first-order valence-corrected chi connectivity index (χ1v) is 8.63. The smallest absolute Gasteiger partial charge is 0.321 e. The van der Waals surface area contributed by atoms with Crippen molar-refractivity contribution < 1.29 is 39.6 Å². The lowest BCUT2D eigenvalue weighted by atomic mass is 10.1. The molecule has 12 N–H and O–H groups in total. The van der Waals surface area contributed by atoms with E-state index in [1.807, 2.05) is 13.8 Å². The normalized spacial score (nSPS) is 13.1. The molecule has 3 unspecified atom stereocenters. The van der Waals surface area contributed by atoms with Crippen LogP contribution in [0, 0.1) is 5.92 Å². The van der Waals surface area contributed by atoms with Gasteiger partial charge in [-0.1, -0.05) is 20.3 Å². The second-order valence-corrected chi connectivity index (χ2v) is 6.35. The van der Waals surface area contributed by atoms with E-state index in [-0.39, 0.29) is 0 Å². The van der Waals surface area contributed by atoms with Crippen LogP contribution in [0.15, 0.2) is 0 Å². The number of rotatable bonds is 11. The summed E-state index contributed by atoms with van der Waals surface area (Å²) >= 11 is 0. The van der Waals surface area contributed by atoms with Crippen LogP contribution >= 0.6 is 0 Å². The number of hydrogen-bond donors (Lipinski definition) is 8. The Balaban J connectivity index is -0.000000336. The molecule has 28 heavy (non-hydrogen) atoms. The molecule has 0 aliphatic carbocycles. The topological polar surface area (TPSA) is 253 Å². The van der Waals surface area contributed by atoms with Gasteiger partial charge >= 0.3 is 23.9 Å². The number of carboxylic acids is 4. The first-order valence-electron chi connectivity index (χ1n) is 8.63. The van der Waals surface area contributed by atoms with Crippen LogP contribution in [-0.4, -0.2) is 69.0 Å². The van der Waals surface area contributed by atoms with E-state index in [2.05, 4.69) is 0 Å². The summed E-state index contributed by atoms with van der Waals surface area (Å²) < 4.78 is 0. The van der Waals surface area contributed by atoms with Gasteiger partial charge in [-0.25, -0.2) is 0 Å². The zero-order valence-corrected chi connectivity index (χ0v) is 16.3. The highest BCUT2D eigenvalue weighted by molar-refractivity contribution is 5.80. The lowest BCUT2D eigenvalue weighted by molar-refractivity contribution is -0.144. The maximum Gasteiger partial charge on any atom is 0.321 e. The number of unbranched alkanes of at least 4 members (excludes halogenated alkanes) is 1. The van der Waals surface area contributed by atoms with Gasteiger partial charge in [-0.05, 0) is 31.7 Å². The third-order valence-corrected chi connectivity index (χ3v) is 3.04. The Kier molecular flexibility index (Phi) is 19.7. The van der Waals surface area contributed by atoms with Crippen LogP contribution < -0.4 is 22.9 Å². The van der Waals surface area contributed by atoms with Crippen LogP contribution in [0.3, 0.4) is 0 Å². The van der Waals surface area contributed by atoms with Gasteiger partial charge < -0.3 is 43.4 Å². The average Bonchev–Trinajstić information content (AvgIpc) is 2.54. The van der Waals surface area contributed by atoms with E-state index in [4.69, 9.17) is 43.4 Å². The molecular formula is C16H34N4O8. The fourth-order valence-electron chi connectivity index (χ4n) is 1.52. The predicted octanol–water partition coefficient (Wildman–Crippen LogP) is -1.16. The molecule has 3 atom stereocenters. The van der Waals surface area contributed by atoms with Crippen LogP contribution in [0.1, 0.15) is 46.0 Å². The zero-order valence-electron chi connectivity index (χ0n) is 16.3. The van der Waals surface area contributed by atoms with Crippen molar-refractivity contribution in [2.45, 2.75) is 64.1 Å². The summed E-state index contributed by atoms with van der Waals surface area (Å²) in [6, 6.07) is -2.70. The Morgan fingerprint density at radius 1 is 0.750 bits per heavy atom. The lowest BCUT2D eigenvalue weighted by Crippen LogP contribution is -2.32. The maximum atomic E-state index is 10.1. The molecule has 0 saturated carbocycles. The average molecular weight is 410 g/mol. The molecule has 0 rings (SSSR count). The predicted molar refractivity (Wildman–Crippen MR) is 101 cm³/mol. The SMILES string of the molecule is CC(C)CC(N)C(=O)O.NC(CC(=O)O)C(=O)O.NCCCCC(N)C(=O)O. The number of carbonyl (C=O) groups is 4. The van der Waals surface area contributed by atoms with E-state index in [0.29, 0.717) is 25.3 Å². The van der Waals surface area contributed by atoms with Gasteiger partial charge in [-0.3, -0.25) is 19.2 Å². The summed E-state index contributed by atoms with van der Waals surface area (Å²) in [5.74, 6) is -3.99. The summed E-state index contributed by atoms with van der Waals surface area (Å²) in [6.07, 6.45) is 2.18. The molecule has 0 spiro atoms. The molecule has 166 valence electrons. The number of carboxylic acid groups (broad SMARTS) is 4. The Morgan fingerprint density at radius 2 is 1.18 bits per heavy atom. The highest BCUT2D eigenvalue weighted by Crippen LogP contribution is 2.01. The first kappa shape index (κ1) is 30.4. The minimum absolute atomic E-state index is 0.357. The Morgan fingerprint density at radius 3 is 1.39 bits per heavy atom. The van der Waals surface area contributed by atoms with Crippen molar-refractivity contribution in [3.05, 3.63) is 0 Å². The number of aliphatic carboxylic acids is 4. The Labute approximate surface area is 163 Å². The van der Waals surface area contributed by atoms with E-state index < -0.39 is 48.4 Å². The van der Waals surface area contributed by atoms with Gasteiger partial charge in [0.15, 0.2) is 0 Å². The van der Waals surface area contributed by atoms with Crippen molar-refractivity contribution in [2.75, 3.05) is 6.54 Å². The van der Waals surface area contributed by atoms with Gasteiger partial charge in [-0.2, -0.15) is 0 Å². The maximum absolute atomic E-state index is 10.1. The third-order valence-electron chi connectivity index (χ3n) is 3.04. The molecule has 0 bridgehead atoms. The fourth-order valence-corrected chi connectivity index (χ4v) is 1.52. The summed E-state index contributed by atoms with van der Waals surface area (Å²) in [7, 11) is 0. The molecule has 0 amide bonds. The highest BCUT2D eigenvalue weighted by atomic mass is 16.4. The van der Waals surface area contributed by atoms with Gasteiger partial charge in [0.05, 0.1) is 6.42 Å². The molecule has 0 aromatic rings. The second kappa shape index (κ2) is 18.1. The molecule has 12 nitrogen and oxygen atoms in total. The standard InChI is InChI=1S/C6H14N2O2.C6H13NO2.C4H7NO4/c7-4-2-1-3-5(8)6(9)10;1-4(2)3-5(7)6(8)9;5-2(4(8)9)1-3(6)7/h5H,1-4,7-8H2,(H,9,10);4-5H,3,7H2,1-2H3,(H,8,9);2H,1,5H2,(H,6,7)(H,8,9). The molecule has 0 saturated heterocycles. The minimum Gasteiger partial charge on any atom is -0.481 e. The van der Waals surface area contributed by atoms with E-state index in [0.717, 1.165) is 12.8 Å². The zero-order chi connectivity index (χ0) is 22.9. The highest BCUT2D eigenvalue weighted by Gasteiger charge is 2.14. The first-order chi connectivity index (χ1) is 12.8. The number of hydrogen-bond acceptors (Lipinski definition) is 8.